The van der Waals surface area contributed by atoms with Crippen molar-refractivity contribution in [2.75, 3.05) is 13.2 Å². The molecule has 0 saturated carbocycles. The minimum Gasteiger partial charge on any atom is -0.494 e. The summed E-state index contributed by atoms with van der Waals surface area (Å²) in [6, 6.07) is 10.1. The van der Waals surface area contributed by atoms with Gasteiger partial charge >= 0.3 is 0 Å². The van der Waals surface area contributed by atoms with Crippen molar-refractivity contribution >= 4 is 15.9 Å². The van der Waals surface area contributed by atoms with Crippen LogP contribution in [0.25, 0.3) is 0 Å². The second-order valence-corrected chi connectivity index (χ2v) is 5.42. The van der Waals surface area contributed by atoms with Gasteiger partial charge in [-0.25, -0.2) is 0 Å². The number of hydrogen-bond donors (Lipinski definition) is 1. The normalized spacial score (nSPS) is 12.3. The third kappa shape index (κ3) is 3.84. The number of para-hydroxylation sites is 1. The van der Waals surface area contributed by atoms with Gasteiger partial charge in [-0.05, 0) is 34.6 Å². The van der Waals surface area contributed by atoms with Crippen molar-refractivity contribution in [3.63, 3.8) is 0 Å². The number of nitrogens with zero attached hydrogens (tertiary/aromatic N) is 2. The SMILES string of the molecule is CCNC(CCOc1ccccc1)c1c(Br)cnn1C. The topological polar surface area (TPSA) is 39.1 Å². The molecule has 0 fully saturated rings. The minimum atomic E-state index is 0.227. The van der Waals surface area contributed by atoms with Gasteiger partial charge in [0.1, 0.15) is 5.75 Å². The number of halogens is 1. The van der Waals surface area contributed by atoms with Gasteiger partial charge in [0.25, 0.3) is 0 Å². The lowest BCUT2D eigenvalue weighted by Crippen LogP contribution is -2.25. The van der Waals surface area contributed by atoms with E-state index in [1.54, 1.807) is 0 Å². The van der Waals surface area contributed by atoms with Gasteiger partial charge in [-0.15, -0.1) is 0 Å². The molecule has 0 bridgehead atoms. The van der Waals surface area contributed by atoms with Gasteiger partial charge in [0.2, 0.25) is 0 Å². The fourth-order valence-electron chi connectivity index (χ4n) is 2.21. The summed E-state index contributed by atoms with van der Waals surface area (Å²) < 4.78 is 8.71. The molecule has 0 aliphatic carbocycles. The highest BCUT2D eigenvalue weighted by Gasteiger charge is 2.17. The smallest absolute Gasteiger partial charge is 0.119 e. The molecule has 0 radical (unpaired) electrons. The zero-order valence-corrected chi connectivity index (χ0v) is 13.4. The molecule has 0 aliphatic heterocycles. The summed E-state index contributed by atoms with van der Waals surface area (Å²) in [6.45, 7) is 3.68. The van der Waals surface area contributed by atoms with Gasteiger partial charge in [-0.1, -0.05) is 25.1 Å². The van der Waals surface area contributed by atoms with Crippen molar-refractivity contribution in [3.8, 4) is 5.75 Å². The second-order valence-electron chi connectivity index (χ2n) is 4.56. The number of hydrogen-bond acceptors (Lipinski definition) is 3. The molecule has 1 atom stereocenters. The molecule has 1 N–H and O–H groups in total. The summed E-state index contributed by atoms with van der Waals surface area (Å²) in [5, 5.41) is 7.76. The Kier molecular flexibility index (Phi) is 5.61. The Hall–Kier alpha value is -1.33. The van der Waals surface area contributed by atoms with E-state index in [0.29, 0.717) is 6.61 Å². The van der Waals surface area contributed by atoms with Gasteiger partial charge in [-0.3, -0.25) is 4.68 Å². The average Bonchev–Trinajstić information content (AvgIpc) is 2.79. The highest BCUT2D eigenvalue weighted by molar-refractivity contribution is 9.10. The van der Waals surface area contributed by atoms with Crippen molar-refractivity contribution in [1.82, 2.24) is 15.1 Å². The Morgan fingerprint density at radius 1 is 1.35 bits per heavy atom. The fraction of sp³-hybridized carbons (Fsp3) is 0.400. The van der Waals surface area contributed by atoms with Gasteiger partial charge in [-0.2, -0.15) is 5.10 Å². The van der Waals surface area contributed by atoms with E-state index < -0.39 is 0 Å². The summed E-state index contributed by atoms with van der Waals surface area (Å²) in [6.07, 6.45) is 2.72. The monoisotopic (exact) mass is 337 g/mol. The van der Waals surface area contributed by atoms with Crippen LogP contribution in [0.1, 0.15) is 25.1 Å². The number of nitrogens with one attached hydrogen (secondary N) is 1. The standard InChI is InChI=1S/C15H20BrN3O/c1-3-17-14(15-13(16)11-18-19(15)2)9-10-20-12-7-5-4-6-8-12/h4-8,11,14,17H,3,9-10H2,1-2H3. The fourth-order valence-corrected chi connectivity index (χ4v) is 2.83. The van der Waals surface area contributed by atoms with E-state index in [0.717, 1.165) is 28.9 Å². The first kappa shape index (κ1) is 15.1. The molecule has 1 aromatic heterocycles. The van der Waals surface area contributed by atoms with E-state index in [2.05, 4.69) is 33.3 Å². The highest BCUT2D eigenvalue weighted by atomic mass is 79.9. The first-order chi connectivity index (χ1) is 9.72. The Morgan fingerprint density at radius 3 is 2.70 bits per heavy atom. The summed E-state index contributed by atoms with van der Waals surface area (Å²) in [5.74, 6) is 0.909. The van der Waals surface area contributed by atoms with E-state index in [1.807, 2.05) is 48.3 Å². The van der Waals surface area contributed by atoms with Crippen LogP contribution < -0.4 is 10.1 Å². The summed E-state index contributed by atoms with van der Waals surface area (Å²) in [5.41, 5.74) is 1.16. The van der Waals surface area contributed by atoms with Gasteiger partial charge < -0.3 is 10.1 Å². The van der Waals surface area contributed by atoms with Crippen molar-refractivity contribution in [2.45, 2.75) is 19.4 Å². The predicted molar refractivity (Wildman–Crippen MR) is 83.9 cm³/mol. The summed E-state index contributed by atoms with van der Waals surface area (Å²) >= 11 is 3.56. The Morgan fingerprint density at radius 2 is 2.10 bits per heavy atom. The molecule has 0 saturated heterocycles. The molecule has 1 aromatic carbocycles. The van der Waals surface area contributed by atoms with E-state index in [9.17, 15) is 0 Å². The van der Waals surface area contributed by atoms with Crippen LogP contribution in [0, 0.1) is 0 Å². The number of aromatic nitrogens is 2. The van der Waals surface area contributed by atoms with Crippen molar-refractivity contribution < 1.29 is 4.74 Å². The van der Waals surface area contributed by atoms with Gasteiger partial charge in [0.15, 0.2) is 0 Å². The van der Waals surface area contributed by atoms with Crippen LogP contribution in [0.15, 0.2) is 41.0 Å². The van der Waals surface area contributed by atoms with Gasteiger partial charge in [0, 0.05) is 13.5 Å². The molecular weight excluding hydrogens is 318 g/mol. The maximum absolute atomic E-state index is 5.78. The maximum Gasteiger partial charge on any atom is 0.119 e. The minimum absolute atomic E-state index is 0.227. The molecule has 20 heavy (non-hydrogen) atoms. The second kappa shape index (κ2) is 7.45. The molecule has 2 aromatic rings. The molecule has 4 nitrogen and oxygen atoms in total. The van der Waals surface area contributed by atoms with E-state index in [-0.39, 0.29) is 6.04 Å². The molecule has 2 rings (SSSR count). The Labute approximate surface area is 128 Å². The van der Waals surface area contributed by atoms with Crippen LogP contribution in [-0.2, 0) is 7.05 Å². The molecule has 108 valence electrons. The van der Waals surface area contributed by atoms with E-state index >= 15 is 0 Å². The predicted octanol–water partition coefficient (Wildman–Crippen LogP) is 3.30. The number of benzene rings is 1. The largest absolute Gasteiger partial charge is 0.494 e. The van der Waals surface area contributed by atoms with Crippen LogP contribution in [0.4, 0.5) is 0 Å². The van der Waals surface area contributed by atoms with Crippen LogP contribution in [0.3, 0.4) is 0 Å². The Bertz CT molecular complexity index is 508. The maximum atomic E-state index is 5.78. The zero-order valence-electron chi connectivity index (χ0n) is 11.8. The molecule has 1 unspecified atom stereocenters. The summed E-state index contributed by atoms with van der Waals surface area (Å²) in [7, 11) is 1.96. The van der Waals surface area contributed by atoms with E-state index in [4.69, 9.17) is 4.74 Å². The number of ether oxygens (including phenoxy) is 1. The molecule has 1 heterocycles. The number of aryl methyl sites for hydroxylation is 1. The Balaban J connectivity index is 1.96. The van der Waals surface area contributed by atoms with Crippen LogP contribution in [0.5, 0.6) is 5.75 Å². The average molecular weight is 338 g/mol. The molecule has 0 amide bonds. The van der Waals surface area contributed by atoms with Crippen molar-refractivity contribution in [3.05, 3.63) is 46.7 Å². The lowest BCUT2D eigenvalue weighted by atomic mass is 10.1. The van der Waals surface area contributed by atoms with E-state index in [1.165, 1.54) is 0 Å². The van der Waals surface area contributed by atoms with Crippen LogP contribution in [0.2, 0.25) is 0 Å². The molecular formula is C15H20BrN3O. The summed E-state index contributed by atoms with van der Waals surface area (Å²) in [4.78, 5) is 0. The van der Waals surface area contributed by atoms with Crippen molar-refractivity contribution in [1.29, 1.82) is 0 Å². The zero-order chi connectivity index (χ0) is 14.4. The quantitative estimate of drug-likeness (QED) is 0.842. The third-order valence-electron chi connectivity index (χ3n) is 3.14. The highest BCUT2D eigenvalue weighted by Crippen LogP contribution is 2.25. The van der Waals surface area contributed by atoms with Crippen LogP contribution in [-0.4, -0.2) is 22.9 Å². The number of rotatable bonds is 7. The lowest BCUT2D eigenvalue weighted by molar-refractivity contribution is 0.284. The van der Waals surface area contributed by atoms with Crippen LogP contribution >= 0.6 is 15.9 Å². The first-order valence-electron chi connectivity index (χ1n) is 6.81. The molecule has 0 aliphatic rings. The third-order valence-corrected chi connectivity index (χ3v) is 3.75. The first-order valence-corrected chi connectivity index (χ1v) is 7.60. The molecule has 5 heteroatoms. The van der Waals surface area contributed by atoms with Crippen molar-refractivity contribution in [2.24, 2.45) is 7.05 Å². The molecule has 0 spiro atoms. The lowest BCUT2D eigenvalue weighted by Gasteiger charge is -2.19. The van der Waals surface area contributed by atoms with Gasteiger partial charge in [0.05, 0.1) is 29.0 Å².